The van der Waals surface area contributed by atoms with Crippen LogP contribution in [0.2, 0.25) is 0 Å². The lowest BCUT2D eigenvalue weighted by molar-refractivity contribution is -0.117. The Kier molecular flexibility index (Phi) is 4.69. The van der Waals surface area contributed by atoms with Crippen molar-refractivity contribution in [2.45, 2.75) is 6.41 Å². The lowest BCUT2D eigenvalue weighted by Gasteiger charge is -2.23. The van der Waals surface area contributed by atoms with Gasteiger partial charge in [0.2, 0.25) is 0 Å². The van der Waals surface area contributed by atoms with Crippen LogP contribution in [0.25, 0.3) is 0 Å². The van der Waals surface area contributed by atoms with Crippen LogP contribution in [0, 0.1) is 5.41 Å². The van der Waals surface area contributed by atoms with Crippen molar-refractivity contribution in [3.05, 3.63) is 0 Å². The average molecular weight is 179 g/mol. The highest BCUT2D eigenvalue weighted by Gasteiger charge is 2.15. The van der Waals surface area contributed by atoms with E-state index in [1.54, 1.807) is 0 Å². The molecular formula is C4H10N3O3P. The summed E-state index contributed by atoms with van der Waals surface area (Å²) >= 11 is 0. The molecule has 0 aliphatic rings. The number of nitrogens with one attached hydrogen (secondary N) is 1. The van der Waals surface area contributed by atoms with Crippen molar-refractivity contribution in [3.63, 3.8) is 0 Å². The molecule has 0 saturated carbocycles. The van der Waals surface area contributed by atoms with Crippen LogP contribution in [0.4, 0.5) is 0 Å². The van der Waals surface area contributed by atoms with Crippen LogP contribution in [-0.4, -0.2) is 31.4 Å². The van der Waals surface area contributed by atoms with Gasteiger partial charge in [0, 0.05) is 14.2 Å². The Morgan fingerprint density at radius 1 is 1.82 bits per heavy atom. The molecule has 0 heterocycles. The maximum atomic E-state index is 9.96. The van der Waals surface area contributed by atoms with E-state index in [9.17, 15) is 4.57 Å². The Morgan fingerprint density at radius 2 is 2.36 bits per heavy atom. The molecule has 3 N–H and O–H groups in total. The molecule has 0 aromatic heterocycles. The maximum Gasteiger partial charge on any atom is 0.331 e. The largest absolute Gasteiger partial charge is 0.370 e. The molecule has 11 heavy (non-hydrogen) atoms. The molecule has 0 fully saturated rings. The van der Waals surface area contributed by atoms with Crippen molar-refractivity contribution in [1.82, 2.24) is 4.90 Å². The van der Waals surface area contributed by atoms with Crippen LogP contribution in [-0.2, 0) is 13.8 Å². The highest BCUT2D eigenvalue weighted by Crippen LogP contribution is 2.06. The number of ether oxygens (including phenoxy) is 1. The monoisotopic (exact) mass is 179 g/mol. The molecule has 0 radical (unpaired) electrons. The van der Waals surface area contributed by atoms with Gasteiger partial charge < -0.3 is 10.5 Å². The molecule has 0 bridgehead atoms. The number of hydrogen-bond donors (Lipinski definition) is 2. The summed E-state index contributed by atoms with van der Waals surface area (Å²) in [6, 6.07) is 0. The van der Waals surface area contributed by atoms with Gasteiger partial charge in [0.15, 0.2) is 5.96 Å². The van der Waals surface area contributed by atoms with Gasteiger partial charge in [-0.2, -0.15) is 0 Å². The quantitative estimate of drug-likeness (QED) is 0.273. The normalized spacial score (nSPS) is 12.9. The number of nitrogens with zero attached hydrogens (tertiary/aromatic N) is 1. The summed E-state index contributed by atoms with van der Waals surface area (Å²) < 4.78 is 19.2. The van der Waals surface area contributed by atoms with Crippen molar-refractivity contribution in [1.29, 1.82) is 5.41 Å². The van der Waals surface area contributed by atoms with Crippen LogP contribution >= 0.6 is 8.69 Å². The summed E-state index contributed by atoms with van der Waals surface area (Å²) in [5.41, 5.74) is 5.09. The topological polar surface area (TPSA) is 88.6 Å². The van der Waals surface area contributed by atoms with Crippen molar-refractivity contribution in [3.8, 4) is 0 Å². The molecule has 0 saturated heterocycles. The summed E-state index contributed by atoms with van der Waals surface area (Å²) in [7, 11) is 2.33. The molecule has 0 spiro atoms. The van der Waals surface area contributed by atoms with E-state index < -0.39 is 15.1 Å². The van der Waals surface area contributed by atoms with Gasteiger partial charge in [-0.1, -0.05) is 0 Å². The summed E-state index contributed by atoms with van der Waals surface area (Å²) in [4.78, 5) is 1.19. The SMILES string of the molecule is COC(OP=O)N(C)C(=N)N. The second-order valence-electron chi connectivity index (χ2n) is 1.72. The molecule has 1 atom stereocenters. The van der Waals surface area contributed by atoms with Gasteiger partial charge in [-0.25, -0.2) is 9.09 Å². The third-order valence-electron chi connectivity index (χ3n) is 1.03. The average Bonchev–Trinajstić information content (AvgIpc) is 1.98. The van der Waals surface area contributed by atoms with E-state index in [1.807, 2.05) is 0 Å². The van der Waals surface area contributed by atoms with E-state index in [2.05, 4.69) is 9.26 Å². The minimum absolute atomic E-state index is 0.222. The highest BCUT2D eigenvalue weighted by atomic mass is 31.1. The van der Waals surface area contributed by atoms with E-state index in [-0.39, 0.29) is 5.96 Å². The fourth-order valence-corrected chi connectivity index (χ4v) is 0.723. The fourth-order valence-electron chi connectivity index (χ4n) is 0.422. The second-order valence-corrected chi connectivity index (χ2v) is 2.08. The molecule has 7 heteroatoms. The second kappa shape index (κ2) is 5.01. The standard InChI is InChI=1S/C4H10N3O3P/c1-7(3(5)6)4(9-2)10-11-8/h4H,1-2H3,(H3,5,6). The molecule has 0 aliphatic carbocycles. The third kappa shape index (κ3) is 3.27. The van der Waals surface area contributed by atoms with E-state index >= 15 is 0 Å². The molecule has 0 aliphatic heterocycles. The predicted octanol–water partition coefficient (Wildman–Crippen LogP) is -0.0350. The number of nitrogens with two attached hydrogens (primary N) is 1. The molecule has 1 unspecified atom stereocenters. The van der Waals surface area contributed by atoms with Gasteiger partial charge in [-0.3, -0.25) is 10.3 Å². The van der Waals surface area contributed by atoms with Gasteiger partial charge in [0.1, 0.15) is 0 Å². The maximum absolute atomic E-state index is 9.96. The minimum atomic E-state index is -0.883. The Bertz CT molecular complexity index is 154. The highest BCUT2D eigenvalue weighted by molar-refractivity contribution is 7.17. The van der Waals surface area contributed by atoms with Crippen LogP contribution in [0.15, 0.2) is 0 Å². The first kappa shape index (κ1) is 10.3. The number of rotatable bonds is 4. The molecule has 64 valence electrons. The molecule has 0 aromatic rings. The first-order valence-corrected chi connectivity index (χ1v) is 3.44. The Balaban J connectivity index is 4.00. The lowest BCUT2D eigenvalue weighted by Crippen LogP contribution is -2.42. The fraction of sp³-hybridized carbons (Fsp3) is 0.750. The van der Waals surface area contributed by atoms with Crippen LogP contribution in [0.1, 0.15) is 0 Å². The van der Waals surface area contributed by atoms with E-state index in [4.69, 9.17) is 11.1 Å². The van der Waals surface area contributed by atoms with E-state index in [0.717, 1.165) is 0 Å². The summed E-state index contributed by atoms with van der Waals surface area (Å²) in [6.45, 7) is 0. The molecular weight excluding hydrogens is 169 g/mol. The van der Waals surface area contributed by atoms with Crippen molar-refractivity contribution in [2.75, 3.05) is 14.2 Å². The van der Waals surface area contributed by atoms with Gasteiger partial charge in [0.05, 0.1) is 0 Å². The van der Waals surface area contributed by atoms with Crippen LogP contribution < -0.4 is 5.73 Å². The molecule has 6 nitrogen and oxygen atoms in total. The van der Waals surface area contributed by atoms with E-state index in [0.29, 0.717) is 0 Å². The molecule has 0 amide bonds. The zero-order valence-electron chi connectivity index (χ0n) is 6.27. The first-order valence-electron chi connectivity index (χ1n) is 2.71. The van der Waals surface area contributed by atoms with Gasteiger partial charge in [0.25, 0.3) is 6.41 Å². The Labute approximate surface area is 66.1 Å². The van der Waals surface area contributed by atoms with E-state index in [1.165, 1.54) is 19.1 Å². The number of methoxy groups -OCH3 is 1. The minimum Gasteiger partial charge on any atom is -0.370 e. The van der Waals surface area contributed by atoms with Crippen molar-refractivity contribution in [2.24, 2.45) is 5.73 Å². The zero-order chi connectivity index (χ0) is 8.85. The van der Waals surface area contributed by atoms with Gasteiger partial charge >= 0.3 is 8.69 Å². The van der Waals surface area contributed by atoms with Crippen molar-refractivity contribution < 1.29 is 13.8 Å². The molecule has 0 aromatic carbocycles. The smallest absolute Gasteiger partial charge is 0.331 e. The summed E-state index contributed by atoms with van der Waals surface area (Å²) in [5.74, 6) is -0.222. The Morgan fingerprint density at radius 3 is 2.64 bits per heavy atom. The van der Waals surface area contributed by atoms with Gasteiger partial charge in [-0.15, -0.1) is 0 Å². The number of guanidine groups is 1. The Hall–Kier alpha value is -0.710. The van der Waals surface area contributed by atoms with Crippen molar-refractivity contribution >= 4 is 14.6 Å². The third-order valence-corrected chi connectivity index (χ3v) is 1.30. The number of hydrogen-bond acceptors (Lipinski definition) is 4. The predicted molar refractivity (Wildman–Crippen MR) is 39.2 cm³/mol. The first-order chi connectivity index (χ1) is 5.13. The van der Waals surface area contributed by atoms with Crippen LogP contribution in [0.3, 0.4) is 0 Å². The van der Waals surface area contributed by atoms with Gasteiger partial charge in [-0.05, 0) is 0 Å². The van der Waals surface area contributed by atoms with Crippen LogP contribution in [0.5, 0.6) is 0 Å². The summed E-state index contributed by atoms with van der Waals surface area (Å²) in [5, 5.41) is 6.95. The molecule has 0 rings (SSSR count). The summed E-state index contributed by atoms with van der Waals surface area (Å²) in [6.07, 6.45) is -0.883. The lowest BCUT2D eigenvalue weighted by atomic mass is 10.8. The zero-order valence-corrected chi connectivity index (χ0v) is 7.17.